The maximum atomic E-state index is 11.6. The van der Waals surface area contributed by atoms with Gasteiger partial charge in [-0.05, 0) is 44.0 Å². The zero-order valence-corrected chi connectivity index (χ0v) is 12.7. The molecule has 22 heavy (non-hydrogen) atoms. The van der Waals surface area contributed by atoms with E-state index in [0.29, 0.717) is 36.7 Å². The smallest absolute Gasteiger partial charge is 0.343 e. The van der Waals surface area contributed by atoms with Crippen LogP contribution in [0.1, 0.15) is 30.1 Å². The molecule has 0 N–H and O–H groups in total. The fourth-order valence-corrected chi connectivity index (χ4v) is 1.53. The lowest BCUT2D eigenvalue weighted by Gasteiger charge is -2.07. The molecule has 0 fully saturated rings. The minimum atomic E-state index is -0.442. The molecule has 0 aliphatic carbocycles. The highest BCUT2D eigenvalue weighted by atomic mass is 16.5. The number of rotatable bonds is 9. The van der Waals surface area contributed by atoms with E-state index in [2.05, 4.69) is 13.2 Å². The first-order valence-electron chi connectivity index (χ1n) is 6.92. The van der Waals surface area contributed by atoms with Crippen molar-refractivity contribution in [3.8, 4) is 5.75 Å². The summed E-state index contributed by atoms with van der Waals surface area (Å²) in [6.45, 7) is 9.29. The van der Waals surface area contributed by atoms with E-state index in [1.54, 1.807) is 31.2 Å². The molecule has 0 spiro atoms. The molecule has 0 heterocycles. The second-order valence-electron chi connectivity index (χ2n) is 4.54. The molecule has 0 radical (unpaired) electrons. The Labute approximate surface area is 130 Å². The van der Waals surface area contributed by atoms with Crippen molar-refractivity contribution < 1.29 is 23.8 Å². The van der Waals surface area contributed by atoms with Gasteiger partial charge in [0.2, 0.25) is 0 Å². The SMILES string of the molecule is C=CC(=O)OCCCCOc1ccc(C(=O)OC(=C)C)cc1. The van der Waals surface area contributed by atoms with Gasteiger partial charge in [0.15, 0.2) is 0 Å². The number of ether oxygens (including phenoxy) is 3. The molecule has 118 valence electrons. The Balaban J connectivity index is 2.27. The molecule has 0 saturated carbocycles. The standard InChI is InChI=1S/C17H20O5/c1-4-16(18)21-12-6-5-11-20-15-9-7-14(8-10-15)17(19)22-13(2)3/h4,7-10H,1-2,5-6,11-12H2,3H3. The normalized spacial score (nSPS) is 9.68. The number of hydrogen-bond acceptors (Lipinski definition) is 5. The maximum Gasteiger partial charge on any atom is 0.343 e. The Kier molecular flexibility index (Phi) is 7.47. The zero-order valence-electron chi connectivity index (χ0n) is 12.7. The van der Waals surface area contributed by atoms with Crippen molar-refractivity contribution in [1.82, 2.24) is 0 Å². The highest BCUT2D eigenvalue weighted by Gasteiger charge is 2.07. The Hall–Kier alpha value is -2.56. The molecule has 0 aromatic heterocycles. The molecule has 0 saturated heterocycles. The van der Waals surface area contributed by atoms with Gasteiger partial charge in [-0.15, -0.1) is 0 Å². The molecule has 0 amide bonds. The molecule has 0 bridgehead atoms. The number of esters is 2. The number of benzene rings is 1. The molecule has 5 heteroatoms. The summed E-state index contributed by atoms with van der Waals surface area (Å²) in [4.78, 5) is 22.4. The zero-order chi connectivity index (χ0) is 16.4. The van der Waals surface area contributed by atoms with Crippen LogP contribution in [0.15, 0.2) is 49.3 Å². The van der Waals surface area contributed by atoms with Crippen LogP contribution in [-0.4, -0.2) is 25.2 Å². The van der Waals surface area contributed by atoms with Crippen LogP contribution in [0, 0.1) is 0 Å². The van der Waals surface area contributed by atoms with Crippen molar-refractivity contribution in [3.05, 3.63) is 54.8 Å². The largest absolute Gasteiger partial charge is 0.494 e. The average Bonchev–Trinajstić information content (AvgIpc) is 2.50. The van der Waals surface area contributed by atoms with E-state index in [-0.39, 0.29) is 0 Å². The molecular formula is C17H20O5. The number of carbonyl (C=O) groups is 2. The molecule has 0 atom stereocenters. The highest BCUT2D eigenvalue weighted by molar-refractivity contribution is 5.90. The third kappa shape index (κ3) is 6.74. The van der Waals surface area contributed by atoms with E-state index in [4.69, 9.17) is 14.2 Å². The van der Waals surface area contributed by atoms with E-state index < -0.39 is 11.9 Å². The van der Waals surface area contributed by atoms with Gasteiger partial charge < -0.3 is 14.2 Å². The summed E-state index contributed by atoms with van der Waals surface area (Å²) >= 11 is 0. The van der Waals surface area contributed by atoms with Crippen LogP contribution in [0.2, 0.25) is 0 Å². The third-order valence-corrected chi connectivity index (χ3v) is 2.58. The van der Waals surface area contributed by atoms with Crippen LogP contribution >= 0.6 is 0 Å². The van der Waals surface area contributed by atoms with Crippen LogP contribution in [0.25, 0.3) is 0 Å². The van der Waals surface area contributed by atoms with Gasteiger partial charge in [-0.2, -0.15) is 0 Å². The Bertz CT molecular complexity index is 530. The first kappa shape index (κ1) is 17.5. The third-order valence-electron chi connectivity index (χ3n) is 2.58. The molecule has 0 aliphatic heterocycles. The van der Waals surface area contributed by atoms with Crippen LogP contribution in [0.4, 0.5) is 0 Å². The van der Waals surface area contributed by atoms with Crippen LogP contribution < -0.4 is 4.74 Å². The second kappa shape index (κ2) is 9.39. The summed E-state index contributed by atoms with van der Waals surface area (Å²) in [6, 6.07) is 6.67. The summed E-state index contributed by atoms with van der Waals surface area (Å²) in [5.41, 5.74) is 0.437. The Morgan fingerprint density at radius 3 is 2.36 bits per heavy atom. The van der Waals surface area contributed by atoms with Gasteiger partial charge in [0.05, 0.1) is 24.5 Å². The summed E-state index contributed by atoms with van der Waals surface area (Å²) < 4.78 is 15.3. The molecule has 1 rings (SSSR count). The van der Waals surface area contributed by atoms with Crippen molar-refractivity contribution in [2.45, 2.75) is 19.8 Å². The molecule has 0 aliphatic rings. The minimum absolute atomic E-state index is 0.347. The van der Waals surface area contributed by atoms with Crippen molar-refractivity contribution in [1.29, 1.82) is 0 Å². The second-order valence-corrected chi connectivity index (χ2v) is 4.54. The number of allylic oxidation sites excluding steroid dienone is 1. The van der Waals surface area contributed by atoms with Crippen molar-refractivity contribution in [2.75, 3.05) is 13.2 Å². The van der Waals surface area contributed by atoms with Crippen LogP contribution in [0.5, 0.6) is 5.75 Å². The first-order chi connectivity index (χ1) is 10.5. The lowest BCUT2D eigenvalue weighted by molar-refractivity contribution is -0.137. The van der Waals surface area contributed by atoms with E-state index in [1.165, 1.54) is 0 Å². The maximum absolute atomic E-state index is 11.6. The molecule has 1 aromatic carbocycles. The van der Waals surface area contributed by atoms with E-state index in [0.717, 1.165) is 12.5 Å². The summed E-state index contributed by atoms with van der Waals surface area (Å²) in [7, 11) is 0. The minimum Gasteiger partial charge on any atom is -0.494 e. The first-order valence-corrected chi connectivity index (χ1v) is 6.92. The quantitative estimate of drug-likeness (QED) is 0.303. The van der Waals surface area contributed by atoms with Crippen molar-refractivity contribution in [3.63, 3.8) is 0 Å². The summed E-state index contributed by atoms with van der Waals surface area (Å²) in [6.07, 6.45) is 2.60. The van der Waals surface area contributed by atoms with Crippen molar-refractivity contribution in [2.24, 2.45) is 0 Å². The van der Waals surface area contributed by atoms with Crippen LogP contribution in [-0.2, 0) is 14.3 Å². The van der Waals surface area contributed by atoms with Gasteiger partial charge >= 0.3 is 11.9 Å². The van der Waals surface area contributed by atoms with E-state index >= 15 is 0 Å². The van der Waals surface area contributed by atoms with E-state index in [1.807, 2.05) is 0 Å². The predicted octanol–water partition coefficient (Wildman–Crippen LogP) is 3.27. The summed E-state index contributed by atoms with van der Waals surface area (Å²) in [5, 5.41) is 0. The number of unbranched alkanes of at least 4 members (excludes halogenated alkanes) is 1. The topological polar surface area (TPSA) is 61.8 Å². The lowest BCUT2D eigenvalue weighted by atomic mass is 10.2. The van der Waals surface area contributed by atoms with Gasteiger partial charge in [-0.1, -0.05) is 13.2 Å². The Morgan fingerprint density at radius 2 is 1.77 bits per heavy atom. The molecule has 1 aromatic rings. The fourth-order valence-electron chi connectivity index (χ4n) is 1.53. The lowest BCUT2D eigenvalue weighted by Crippen LogP contribution is -2.05. The highest BCUT2D eigenvalue weighted by Crippen LogP contribution is 2.14. The van der Waals surface area contributed by atoms with E-state index in [9.17, 15) is 9.59 Å². The van der Waals surface area contributed by atoms with Gasteiger partial charge in [-0.25, -0.2) is 9.59 Å². The van der Waals surface area contributed by atoms with Gasteiger partial charge in [0.1, 0.15) is 5.75 Å². The average molecular weight is 304 g/mol. The Morgan fingerprint density at radius 1 is 1.14 bits per heavy atom. The summed E-state index contributed by atoms with van der Waals surface area (Å²) in [5.74, 6) is 0.152. The van der Waals surface area contributed by atoms with Gasteiger partial charge in [-0.3, -0.25) is 0 Å². The van der Waals surface area contributed by atoms with Crippen LogP contribution in [0.3, 0.4) is 0 Å². The predicted molar refractivity (Wildman–Crippen MR) is 82.6 cm³/mol. The van der Waals surface area contributed by atoms with Crippen molar-refractivity contribution >= 4 is 11.9 Å². The molecule has 5 nitrogen and oxygen atoms in total. The van der Waals surface area contributed by atoms with Gasteiger partial charge in [0, 0.05) is 6.08 Å². The molecule has 0 unspecified atom stereocenters. The number of carbonyl (C=O) groups excluding carboxylic acids is 2. The number of hydrogen-bond donors (Lipinski definition) is 0. The monoisotopic (exact) mass is 304 g/mol. The van der Waals surface area contributed by atoms with Gasteiger partial charge in [0.25, 0.3) is 0 Å². The fraction of sp³-hybridized carbons (Fsp3) is 0.294. The molecular weight excluding hydrogens is 284 g/mol.